The third-order valence-electron chi connectivity index (χ3n) is 3.10. The lowest BCUT2D eigenvalue weighted by atomic mass is 10.2. The van der Waals surface area contributed by atoms with Crippen LogP contribution < -0.4 is 5.73 Å². The van der Waals surface area contributed by atoms with E-state index in [2.05, 4.69) is 0 Å². The Morgan fingerprint density at radius 3 is 2.50 bits per heavy atom. The summed E-state index contributed by atoms with van der Waals surface area (Å²) in [6.45, 7) is 6.01. The van der Waals surface area contributed by atoms with Crippen LogP contribution in [0.25, 0.3) is 0 Å². The van der Waals surface area contributed by atoms with Crippen molar-refractivity contribution >= 4 is 15.7 Å². The van der Waals surface area contributed by atoms with E-state index in [4.69, 9.17) is 5.73 Å². The molecule has 0 unspecified atom stereocenters. The highest BCUT2D eigenvalue weighted by molar-refractivity contribution is 7.89. The summed E-state index contributed by atoms with van der Waals surface area (Å²) in [7, 11) is -3.86. The molecule has 0 aromatic heterocycles. The van der Waals surface area contributed by atoms with Gasteiger partial charge in [0.2, 0.25) is 10.0 Å². The quantitative estimate of drug-likeness (QED) is 0.622. The Morgan fingerprint density at radius 2 is 1.95 bits per heavy atom. The lowest BCUT2D eigenvalue weighted by Gasteiger charge is -2.26. The lowest BCUT2D eigenvalue weighted by molar-refractivity contribution is 0.344. The zero-order valence-corrected chi connectivity index (χ0v) is 13.1. The molecule has 0 bridgehead atoms. The van der Waals surface area contributed by atoms with E-state index in [-0.39, 0.29) is 16.6 Å². The van der Waals surface area contributed by atoms with Crippen LogP contribution in [0, 0.1) is 5.82 Å². The Morgan fingerprint density at radius 1 is 1.30 bits per heavy atom. The third-order valence-corrected chi connectivity index (χ3v) is 5.19. The minimum absolute atomic E-state index is 0.224. The molecule has 1 rings (SSSR count). The van der Waals surface area contributed by atoms with Crippen LogP contribution in [0.3, 0.4) is 0 Å². The maximum Gasteiger partial charge on any atom is 0.246 e. The highest BCUT2D eigenvalue weighted by Gasteiger charge is 2.29. The molecule has 6 heteroatoms. The van der Waals surface area contributed by atoms with Crippen molar-refractivity contribution in [2.75, 3.05) is 12.3 Å². The van der Waals surface area contributed by atoms with E-state index in [0.717, 1.165) is 25.3 Å². The smallest absolute Gasteiger partial charge is 0.246 e. The van der Waals surface area contributed by atoms with Crippen LogP contribution in [-0.2, 0) is 10.0 Å². The van der Waals surface area contributed by atoms with Gasteiger partial charge >= 0.3 is 0 Å². The van der Waals surface area contributed by atoms with Crippen LogP contribution in [0.2, 0.25) is 0 Å². The Hall–Kier alpha value is -1.14. The number of hydrogen-bond donors (Lipinski definition) is 1. The van der Waals surface area contributed by atoms with Gasteiger partial charge < -0.3 is 5.73 Å². The van der Waals surface area contributed by atoms with Gasteiger partial charge in [0, 0.05) is 18.3 Å². The van der Waals surface area contributed by atoms with Gasteiger partial charge in [0.05, 0.1) is 0 Å². The minimum Gasteiger partial charge on any atom is -0.399 e. The van der Waals surface area contributed by atoms with Crippen LogP contribution in [0.1, 0.15) is 40.0 Å². The predicted octanol–water partition coefficient (Wildman–Crippen LogP) is 3.00. The first-order chi connectivity index (χ1) is 9.30. The van der Waals surface area contributed by atoms with Crippen LogP contribution in [0.15, 0.2) is 23.1 Å². The van der Waals surface area contributed by atoms with E-state index in [1.807, 2.05) is 6.92 Å². The Kier molecular flexibility index (Phi) is 5.95. The number of unbranched alkanes of at least 4 members (excludes halogenated alkanes) is 2. The number of anilines is 1. The topological polar surface area (TPSA) is 63.4 Å². The molecular formula is C14H23FN2O2S. The molecule has 20 heavy (non-hydrogen) atoms. The SMILES string of the molecule is CCCCCN(C(C)C)S(=O)(=O)c1cc(N)ccc1F. The maximum absolute atomic E-state index is 13.8. The summed E-state index contributed by atoms with van der Waals surface area (Å²) < 4.78 is 40.3. The zero-order chi connectivity index (χ0) is 15.3. The van der Waals surface area contributed by atoms with Gasteiger partial charge in [-0.1, -0.05) is 19.8 Å². The first-order valence-electron chi connectivity index (χ1n) is 6.87. The minimum atomic E-state index is -3.86. The highest BCUT2D eigenvalue weighted by atomic mass is 32.2. The molecule has 1 aromatic carbocycles. The molecular weight excluding hydrogens is 279 g/mol. The molecule has 0 aliphatic rings. The Labute approximate surface area is 120 Å². The maximum atomic E-state index is 13.8. The van der Waals surface area contributed by atoms with Gasteiger partial charge in [-0.15, -0.1) is 0 Å². The molecule has 2 N–H and O–H groups in total. The average molecular weight is 302 g/mol. The fraction of sp³-hybridized carbons (Fsp3) is 0.571. The van der Waals surface area contributed by atoms with Gasteiger partial charge in [0.1, 0.15) is 10.7 Å². The van der Waals surface area contributed by atoms with Crippen molar-refractivity contribution in [1.82, 2.24) is 4.31 Å². The number of halogens is 1. The number of nitrogen functional groups attached to an aromatic ring is 1. The molecule has 114 valence electrons. The van der Waals surface area contributed by atoms with Gasteiger partial charge in [-0.2, -0.15) is 4.31 Å². The van der Waals surface area contributed by atoms with Crippen molar-refractivity contribution in [3.05, 3.63) is 24.0 Å². The number of nitrogens with zero attached hydrogens (tertiary/aromatic N) is 1. The normalized spacial score (nSPS) is 12.3. The molecule has 0 atom stereocenters. The van der Waals surface area contributed by atoms with Crippen molar-refractivity contribution in [3.8, 4) is 0 Å². The standard InChI is InChI=1S/C14H23FN2O2S/c1-4-5-6-9-17(11(2)3)20(18,19)14-10-12(16)7-8-13(14)15/h7-8,10-11H,4-6,9,16H2,1-3H3. The number of benzene rings is 1. The van der Waals surface area contributed by atoms with Gasteiger partial charge in [0.15, 0.2) is 0 Å². The monoisotopic (exact) mass is 302 g/mol. The lowest BCUT2D eigenvalue weighted by Crippen LogP contribution is -2.38. The molecule has 0 spiro atoms. The van der Waals surface area contributed by atoms with E-state index < -0.39 is 15.8 Å². The summed E-state index contributed by atoms with van der Waals surface area (Å²) in [6.07, 6.45) is 2.70. The molecule has 0 saturated heterocycles. The molecule has 0 aliphatic heterocycles. The molecule has 0 saturated carbocycles. The number of nitrogens with two attached hydrogens (primary N) is 1. The van der Waals surface area contributed by atoms with Gasteiger partial charge in [-0.05, 0) is 38.5 Å². The Balaban J connectivity index is 3.12. The van der Waals surface area contributed by atoms with Gasteiger partial charge in [-0.25, -0.2) is 12.8 Å². The number of hydrogen-bond acceptors (Lipinski definition) is 3. The third kappa shape index (κ3) is 3.93. The average Bonchev–Trinajstić information content (AvgIpc) is 2.36. The molecule has 1 aromatic rings. The van der Waals surface area contributed by atoms with E-state index in [1.165, 1.54) is 16.4 Å². The zero-order valence-electron chi connectivity index (χ0n) is 12.3. The summed E-state index contributed by atoms with van der Waals surface area (Å²) in [5.74, 6) is -0.764. The fourth-order valence-electron chi connectivity index (χ4n) is 2.02. The van der Waals surface area contributed by atoms with Gasteiger partial charge in [0.25, 0.3) is 0 Å². The van der Waals surface area contributed by atoms with Crippen LogP contribution in [0.4, 0.5) is 10.1 Å². The molecule has 0 radical (unpaired) electrons. The summed E-state index contributed by atoms with van der Waals surface area (Å²) in [5.41, 5.74) is 5.81. The second kappa shape index (κ2) is 7.04. The predicted molar refractivity (Wildman–Crippen MR) is 79.4 cm³/mol. The van der Waals surface area contributed by atoms with Crippen molar-refractivity contribution in [3.63, 3.8) is 0 Å². The molecule has 0 aliphatic carbocycles. The van der Waals surface area contributed by atoms with Gasteiger partial charge in [-0.3, -0.25) is 0 Å². The molecule has 4 nitrogen and oxygen atoms in total. The first kappa shape index (κ1) is 16.9. The van der Waals surface area contributed by atoms with E-state index >= 15 is 0 Å². The highest BCUT2D eigenvalue weighted by Crippen LogP contribution is 2.23. The summed E-state index contributed by atoms with van der Waals surface area (Å²) in [5, 5.41) is 0. The second-order valence-electron chi connectivity index (χ2n) is 5.11. The number of rotatable bonds is 7. The summed E-state index contributed by atoms with van der Waals surface area (Å²) >= 11 is 0. The van der Waals surface area contributed by atoms with Crippen LogP contribution in [-0.4, -0.2) is 25.3 Å². The summed E-state index contributed by atoms with van der Waals surface area (Å²) in [4.78, 5) is -0.345. The Bertz CT molecular complexity index is 544. The van der Waals surface area contributed by atoms with Crippen molar-refractivity contribution in [2.45, 2.75) is 51.0 Å². The summed E-state index contributed by atoms with van der Waals surface area (Å²) in [6, 6.07) is 3.40. The van der Waals surface area contributed by atoms with Crippen molar-refractivity contribution < 1.29 is 12.8 Å². The largest absolute Gasteiger partial charge is 0.399 e. The first-order valence-corrected chi connectivity index (χ1v) is 8.31. The fourth-order valence-corrected chi connectivity index (χ4v) is 3.79. The molecule has 0 heterocycles. The van der Waals surface area contributed by atoms with Crippen molar-refractivity contribution in [1.29, 1.82) is 0 Å². The van der Waals surface area contributed by atoms with E-state index in [0.29, 0.717) is 6.54 Å². The van der Waals surface area contributed by atoms with Crippen molar-refractivity contribution in [2.24, 2.45) is 0 Å². The second-order valence-corrected chi connectivity index (χ2v) is 6.97. The van der Waals surface area contributed by atoms with E-state index in [9.17, 15) is 12.8 Å². The van der Waals surface area contributed by atoms with Crippen LogP contribution in [0.5, 0.6) is 0 Å². The molecule has 0 amide bonds. The number of sulfonamides is 1. The molecule has 0 fully saturated rings. The van der Waals surface area contributed by atoms with Crippen LogP contribution >= 0.6 is 0 Å². The van der Waals surface area contributed by atoms with E-state index in [1.54, 1.807) is 13.8 Å².